The van der Waals surface area contributed by atoms with E-state index in [0.717, 1.165) is 12.1 Å². The Labute approximate surface area is 189 Å². The first kappa shape index (κ1) is 22.2. The highest BCUT2D eigenvalue weighted by molar-refractivity contribution is 5.85. The molecule has 1 aliphatic rings. The maximum atomic E-state index is 14.1. The van der Waals surface area contributed by atoms with Crippen molar-refractivity contribution in [1.82, 2.24) is 0 Å². The van der Waals surface area contributed by atoms with Crippen LogP contribution in [0.1, 0.15) is 18.1 Å². The Morgan fingerprint density at radius 3 is 2.61 bits per heavy atom. The molecule has 172 valence electrons. The summed E-state index contributed by atoms with van der Waals surface area (Å²) in [5.74, 6) is 0.117. The second kappa shape index (κ2) is 10.1. The lowest BCUT2D eigenvalue weighted by atomic mass is 10.0. The van der Waals surface area contributed by atoms with Crippen LogP contribution in [0.2, 0.25) is 0 Å². The van der Waals surface area contributed by atoms with Crippen molar-refractivity contribution in [2.75, 3.05) is 18.7 Å². The number of hydrogen-bond acceptors (Lipinski definition) is 7. The van der Waals surface area contributed by atoms with Crippen molar-refractivity contribution < 1.29 is 38.3 Å². The van der Waals surface area contributed by atoms with E-state index in [1.165, 1.54) is 6.07 Å². The number of nitrogens with one attached hydrogen (secondary N) is 1. The maximum Gasteiger partial charge on any atom is 0.412 e. The minimum atomic E-state index is -1.10. The number of phenols is 1. The van der Waals surface area contributed by atoms with Gasteiger partial charge in [-0.3, -0.25) is 5.32 Å². The Balaban J connectivity index is 1.58. The van der Waals surface area contributed by atoms with Crippen molar-refractivity contribution in [3.63, 3.8) is 0 Å². The topological polar surface area (TPSA) is 106 Å². The number of amides is 1. The first-order chi connectivity index (χ1) is 16.0. The number of fused-ring (bicyclic) bond motifs is 1. The third-order valence-corrected chi connectivity index (χ3v) is 4.94. The van der Waals surface area contributed by atoms with Crippen LogP contribution in [-0.4, -0.2) is 35.8 Å². The Morgan fingerprint density at radius 2 is 1.85 bits per heavy atom. The third kappa shape index (κ3) is 5.45. The van der Waals surface area contributed by atoms with Crippen molar-refractivity contribution in [3.05, 3.63) is 78.1 Å². The minimum absolute atomic E-state index is 0.0946. The summed E-state index contributed by atoms with van der Waals surface area (Å²) in [4.78, 5) is 12.7. The SMILES string of the molecule is O=C(Nc1ccc2c(c1)OCO2)O[C@@H](c1ccc(O)c(F)c1)[C@H](CCO)Oc1ccccc1. The van der Waals surface area contributed by atoms with Gasteiger partial charge in [-0.25, -0.2) is 9.18 Å². The molecule has 0 aromatic heterocycles. The number of carbonyl (C=O) groups excluding carboxylic acids is 1. The quantitative estimate of drug-likeness (QED) is 0.463. The highest BCUT2D eigenvalue weighted by Crippen LogP contribution is 2.35. The molecule has 33 heavy (non-hydrogen) atoms. The number of phenolic OH excluding ortho intramolecular Hbond substituents is 1. The number of rotatable bonds is 8. The smallest absolute Gasteiger partial charge is 0.412 e. The van der Waals surface area contributed by atoms with Gasteiger partial charge in [-0.1, -0.05) is 24.3 Å². The fraction of sp³-hybridized carbons (Fsp3) is 0.208. The van der Waals surface area contributed by atoms with Crippen LogP contribution in [0.25, 0.3) is 0 Å². The standard InChI is InChI=1S/C24H22FNO7/c25-18-12-15(6-8-19(18)28)23(21(10-11-27)32-17-4-2-1-3-5-17)33-24(29)26-16-7-9-20-22(13-16)31-14-30-20/h1-9,12-13,21,23,27-28H,10-11,14H2,(H,26,29)/t21-,23-/m0/s1. The maximum absolute atomic E-state index is 14.1. The van der Waals surface area contributed by atoms with Crippen LogP contribution in [0, 0.1) is 5.82 Å². The number of halogens is 1. The van der Waals surface area contributed by atoms with E-state index in [-0.39, 0.29) is 25.4 Å². The highest BCUT2D eigenvalue weighted by Gasteiger charge is 2.30. The van der Waals surface area contributed by atoms with Crippen LogP contribution in [0.3, 0.4) is 0 Å². The number of aromatic hydroxyl groups is 1. The average Bonchev–Trinajstić information content (AvgIpc) is 3.28. The lowest BCUT2D eigenvalue weighted by Crippen LogP contribution is -2.31. The molecular weight excluding hydrogens is 433 g/mol. The Hall–Kier alpha value is -3.98. The number of aliphatic hydroxyl groups is 1. The van der Waals surface area contributed by atoms with Crippen molar-refractivity contribution in [2.45, 2.75) is 18.6 Å². The second-order valence-electron chi connectivity index (χ2n) is 7.21. The van der Waals surface area contributed by atoms with Crippen molar-refractivity contribution in [3.8, 4) is 23.0 Å². The number of aliphatic hydroxyl groups excluding tert-OH is 1. The molecule has 3 N–H and O–H groups in total. The van der Waals surface area contributed by atoms with Crippen LogP contribution in [0.15, 0.2) is 66.7 Å². The lowest BCUT2D eigenvalue weighted by Gasteiger charge is -2.28. The zero-order chi connectivity index (χ0) is 23.2. The van der Waals surface area contributed by atoms with Crippen LogP contribution >= 0.6 is 0 Å². The minimum Gasteiger partial charge on any atom is -0.505 e. The summed E-state index contributed by atoms with van der Waals surface area (Å²) < 4.78 is 36.3. The van der Waals surface area contributed by atoms with E-state index in [4.69, 9.17) is 18.9 Å². The Bertz CT molecular complexity index is 1110. The molecule has 9 heteroatoms. The molecule has 0 spiro atoms. The molecule has 0 bridgehead atoms. The van der Waals surface area contributed by atoms with E-state index >= 15 is 0 Å². The molecule has 2 atom stereocenters. The second-order valence-corrected chi connectivity index (χ2v) is 7.21. The van der Waals surface area contributed by atoms with E-state index < -0.39 is 29.9 Å². The van der Waals surface area contributed by atoms with E-state index in [1.54, 1.807) is 42.5 Å². The predicted molar refractivity (Wildman–Crippen MR) is 116 cm³/mol. The highest BCUT2D eigenvalue weighted by atomic mass is 19.1. The largest absolute Gasteiger partial charge is 0.505 e. The zero-order valence-electron chi connectivity index (χ0n) is 17.4. The Kier molecular flexibility index (Phi) is 6.80. The van der Waals surface area contributed by atoms with Gasteiger partial charge in [0.05, 0.1) is 0 Å². The molecule has 0 aliphatic carbocycles. The van der Waals surface area contributed by atoms with Gasteiger partial charge in [0.25, 0.3) is 0 Å². The van der Waals surface area contributed by atoms with Gasteiger partial charge in [0.15, 0.2) is 29.2 Å². The Morgan fingerprint density at radius 1 is 1.06 bits per heavy atom. The van der Waals surface area contributed by atoms with Crippen LogP contribution in [0.5, 0.6) is 23.0 Å². The number of anilines is 1. The molecule has 3 aromatic rings. The van der Waals surface area contributed by atoms with Crippen molar-refractivity contribution >= 4 is 11.8 Å². The van der Waals surface area contributed by atoms with Crippen LogP contribution < -0.4 is 19.5 Å². The predicted octanol–water partition coefficient (Wildman–Crippen LogP) is 4.38. The summed E-state index contributed by atoms with van der Waals surface area (Å²) >= 11 is 0. The number of para-hydroxylation sites is 1. The van der Waals surface area contributed by atoms with Gasteiger partial charge >= 0.3 is 6.09 Å². The first-order valence-corrected chi connectivity index (χ1v) is 10.2. The van der Waals surface area contributed by atoms with Gasteiger partial charge in [-0.15, -0.1) is 0 Å². The molecule has 0 radical (unpaired) electrons. The number of carbonyl (C=O) groups is 1. The van der Waals surface area contributed by atoms with Gasteiger partial charge in [0.2, 0.25) is 6.79 Å². The summed E-state index contributed by atoms with van der Waals surface area (Å²) in [6, 6.07) is 17.3. The molecule has 0 fully saturated rings. The molecule has 0 saturated heterocycles. The van der Waals surface area contributed by atoms with Gasteiger partial charge in [-0.05, 0) is 42.0 Å². The molecular formula is C24H22FNO7. The van der Waals surface area contributed by atoms with Crippen molar-refractivity contribution in [2.24, 2.45) is 0 Å². The summed E-state index contributed by atoms with van der Waals surface area (Å²) in [6.07, 6.45) is -2.67. The van der Waals surface area contributed by atoms with Crippen LogP contribution in [0.4, 0.5) is 14.9 Å². The normalized spacial score (nSPS) is 13.8. The number of benzene rings is 3. The van der Waals surface area contributed by atoms with Gasteiger partial charge in [-0.2, -0.15) is 0 Å². The van der Waals surface area contributed by atoms with E-state index in [9.17, 15) is 19.4 Å². The molecule has 0 saturated carbocycles. The molecule has 3 aromatic carbocycles. The van der Waals surface area contributed by atoms with E-state index in [2.05, 4.69) is 5.32 Å². The summed E-state index contributed by atoms with van der Waals surface area (Å²) in [5, 5.41) is 21.8. The summed E-state index contributed by atoms with van der Waals surface area (Å²) in [5.41, 5.74) is 0.656. The molecule has 4 rings (SSSR count). The van der Waals surface area contributed by atoms with Crippen molar-refractivity contribution in [1.29, 1.82) is 0 Å². The first-order valence-electron chi connectivity index (χ1n) is 10.2. The molecule has 1 heterocycles. The molecule has 0 unspecified atom stereocenters. The average molecular weight is 455 g/mol. The summed E-state index contributed by atoms with van der Waals surface area (Å²) in [6.45, 7) is -0.168. The molecule has 1 aliphatic heterocycles. The van der Waals surface area contributed by atoms with Gasteiger partial charge in [0.1, 0.15) is 11.9 Å². The summed E-state index contributed by atoms with van der Waals surface area (Å²) in [7, 11) is 0. The fourth-order valence-electron chi connectivity index (χ4n) is 3.37. The lowest BCUT2D eigenvalue weighted by molar-refractivity contribution is 0.00892. The monoisotopic (exact) mass is 455 g/mol. The number of ether oxygens (including phenoxy) is 4. The van der Waals surface area contributed by atoms with E-state index in [1.807, 2.05) is 6.07 Å². The number of hydrogen-bond donors (Lipinski definition) is 3. The fourth-order valence-corrected chi connectivity index (χ4v) is 3.37. The molecule has 1 amide bonds. The van der Waals surface area contributed by atoms with Gasteiger partial charge < -0.3 is 29.2 Å². The zero-order valence-corrected chi connectivity index (χ0v) is 17.4. The van der Waals surface area contributed by atoms with E-state index in [0.29, 0.717) is 22.9 Å². The third-order valence-electron chi connectivity index (χ3n) is 4.94. The van der Waals surface area contributed by atoms with Gasteiger partial charge in [0, 0.05) is 24.8 Å². The molecule has 8 nitrogen and oxygen atoms in total. The van der Waals surface area contributed by atoms with Crippen LogP contribution in [-0.2, 0) is 4.74 Å².